The molecule has 1 aliphatic rings. The maximum absolute atomic E-state index is 13.8. The molecule has 3 rings (SSSR count). The lowest BCUT2D eigenvalue weighted by Crippen LogP contribution is -2.34. The Bertz CT molecular complexity index is 763. The van der Waals surface area contributed by atoms with Gasteiger partial charge in [0.15, 0.2) is 0 Å². The van der Waals surface area contributed by atoms with E-state index in [1.165, 1.54) is 6.07 Å². The number of nitrogens with zero attached hydrogens (tertiary/aromatic N) is 2. The molecule has 0 atom stereocenters. The summed E-state index contributed by atoms with van der Waals surface area (Å²) in [5.41, 5.74) is 1.81. The first kappa shape index (κ1) is 16.2. The molecule has 1 fully saturated rings. The molecule has 5 heteroatoms. The third-order valence-corrected chi connectivity index (χ3v) is 4.04. The van der Waals surface area contributed by atoms with Gasteiger partial charge >= 0.3 is 0 Å². The van der Waals surface area contributed by atoms with E-state index in [4.69, 9.17) is 5.26 Å². The van der Waals surface area contributed by atoms with E-state index in [1.54, 1.807) is 42.5 Å². The van der Waals surface area contributed by atoms with Gasteiger partial charge in [0.05, 0.1) is 18.2 Å². The molecule has 0 aliphatic heterocycles. The van der Waals surface area contributed by atoms with Gasteiger partial charge in [-0.1, -0.05) is 18.2 Å². The summed E-state index contributed by atoms with van der Waals surface area (Å²) in [6.45, 7) is 0.650. The van der Waals surface area contributed by atoms with E-state index >= 15 is 0 Å². The Morgan fingerprint density at radius 2 is 1.92 bits per heavy atom. The smallest absolute Gasteiger partial charge is 0.238 e. The molecule has 0 spiro atoms. The molecule has 1 amide bonds. The van der Waals surface area contributed by atoms with Crippen LogP contribution in [0, 0.1) is 17.1 Å². The van der Waals surface area contributed by atoms with Crippen LogP contribution in [0.4, 0.5) is 10.1 Å². The van der Waals surface area contributed by atoms with Crippen molar-refractivity contribution in [3.05, 3.63) is 65.5 Å². The minimum Gasteiger partial charge on any atom is -0.325 e. The topological polar surface area (TPSA) is 56.1 Å². The van der Waals surface area contributed by atoms with Crippen LogP contribution in [0.3, 0.4) is 0 Å². The van der Waals surface area contributed by atoms with Gasteiger partial charge < -0.3 is 5.32 Å². The van der Waals surface area contributed by atoms with Gasteiger partial charge in [0.25, 0.3) is 0 Å². The maximum atomic E-state index is 13.8. The summed E-state index contributed by atoms with van der Waals surface area (Å²) >= 11 is 0. The standard InChI is InChI=1S/C19H18FN3O/c20-18-4-2-1-3-15(18)12-23(17-9-10-17)13-19(24)22-16-7-5-14(11-21)6-8-16/h1-8,17H,9-10,12-13H2,(H,22,24). The first-order chi connectivity index (χ1) is 11.7. The lowest BCUT2D eigenvalue weighted by molar-refractivity contribution is -0.117. The Morgan fingerprint density at radius 1 is 1.21 bits per heavy atom. The molecule has 0 unspecified atom stereocenters. The van der Waals surface area contributed by atoms with Crippen molar-refractivity contribution in [2.75, 3.05) is 11.9 Å². The second-order valence-electron chi connectivity index (χ2n) is 5.96. The highest BCUT2D eigenvalue weighted by Crippen LogP contribution is 2.28. The van der Waals surface area contributed by atoms with Gasteiger partial charge in [0.2, 0.25) is 5.91 Å². The quantitative estimate of drug-likeness (QED) is 0.887. The zero-order valence-electron chi connectivity index (χ0n) is 13.2. The number of rotatable bonds is 6. The van der Waals surface area contributed by atoms with Crippen LogP contribution in [0.5, 0.6) is 0 Å². The van der Waals surface area contributed by atoms with Gasteiger partial charge in [0, 0.05) is 23.8 Å². The van der Waals surface area contributed by atoms with Gasteiger partial charge in [-0.05, 0) is 43.2 Å². The Morgan fingerprint density at radius 3 is 2.54 bits per heavy atom. The van der Waals surface area contributed by atoms with Crippen LogP contribution in [0.15, 0.2) is 48.5 Å². The number of halogens is 1. The number of nitriles is 1. The molecule has 2 aromatic rings. The van der Waals surface area contributed by atoms with Crippen molar-refractivity contribution >= 4 is 11.6 Å². The van der Waals surface area contributed by atoms with Crippen LogP contribution in [0.25, 0.3) is 0 Å². The number of amides is 1. The molecule has 1 N–H and O–H groups in total. The number of hydrogen-bond donors (Lipinski definition) is 1. The molecule has 1 saturated carbocycles. The van der Waals surface area contributed by atoms with Gasteiger partial charge in [-0.2, -0.15) is 5.26 Å². The Hall–Kier alpha value is -2.71. The number of carbonyl (C=O) groups excluding carboxylic acids is 1. The highest BCUT2D eigenvalue weighted by atomic mass is 19.1. The number of carbonyl (C=O) groups is 1. The average Bonchev–Trinajstić information content (AvgIpc) is 3.42. The van der Waals surface area contributed by atoms with E-state index < -0.39 is 0 Å². The molecule has 0 heterocycles. The lowest BCUT2D eigenvalue weighted by Gasteiger charge is -2.21. The predicted octanol–water partition coefficient (Wildman–Crippen LogP) is 3.30. The largest absolute Gasteiger partial charge is 0.325 e. The summed E-state index contributed by atoms with van der Waals surface area (Å²) in [5, 5.41) is 11.6. The predicted molar refractivity (Wildman–Crippen MR) is 89.6 cm³/mol. The lowest BCUT2D eigenvalue weighted by atomic mass is 10.2. The second kappa shape index (κ2) is 7.24. The normalized spacial score (nSPS) is 13.5. The molecule has 4 nitrogen and oxygen atoms in total. The molecule has 2 aromatic carbocycles. The third-order valence-electron chi connectivity index (χ3n) is 4.04. The van der Waals surface area contributed by atoms with Crippen molar-refractivity contribution in [1.82, 2.24) is 4.90 Å². The molecule has 0 aromatic heterocycles. The van der Waals surface area contributed by atoms with Gasteiger partial charge in [-0.3, -0.25) is 9.69 Å². The average molecular weight is 323 g/mol. The minimum absolute atomic E-state index is 0.136. The number of benzene rings is 2. The first-order valence-electron chi connectivity index (χ1n) is 7.93. The molecule has 0 saturated heterocycles. The van der Waals surface area contributed by atoms with E-state index in [-0.39, 0.29) is 18.3 Å². The highest BCUT2D eigenvalue weighted by molar-refractivity contribution is 5.92. The zero-order chi connectivity index (χ0) is 16.9. The van der Waals surface area contributed by atoms with Crippen molar-refractivity contribution in [1.29, 1.82) is 5.26 Å². The molecular weight excluding hydrogens is 305 g/mol. The van der Waals surface area contributed by atoms with Crippen molar-refractivity contribution in [2.45, 2.75) is 25.4 Å². The van der Waals surface area contributed by atoms with E-state index in [2.05, 4.69) is 5.32 Å². The van der Waals surface area contributed by atoms with E-state index in [0.717, 1.165) is 12.8 Å². The maximum Gasteiger partial charge on any atom is 0.238 e. The number of anilines is 1. The molecule has 122 valence electrons. The van der Waals surface area contributed by atoms with E-state index in [1.807, 2.05) is 11.0 Å². The van der Waals surface area contributed by atoms with Crippen molar-refractivity contribution in [3.63, 3.8) is 0 Å². The zero-order valence-corrected chi connectivity index (χ0v) is 13.2. The molecule has 24 heavy (non-hydrogen) atoms. The van der Waals surface area contributed by atoms with E-state index in [9.17, 15) is 9.18 Å². The fraction of sp³-hybridized carbons (Fsp3) is 0.263. The molecule has 0 bridgehead atoms. The highest BCUT2D eigenvalue weighted by Gasteiger charge is 2.30. The summed E-state index contributed by atoms with van der Waals surface area (Å²) < 4.78 is 13.8. The fourth-order valence-electron chi connectivity index (χ4n) is 2.61. The summed E-state index contributed by atoms with van der Waals surface area (Å²) in [6.07, 6.45) is 2.08. The molecular formula is C19H18FN3O. The van der Waals surface area contributed by atoms with Crippen molar-refractivity contribution in [2.24, 2.45) is 0 Å². The first-order valence-corrected chi connectivity index (χ1v) is 7.93. The van der Waals surface area contributed by atoms with Crippen LogP contribution in [0.2, 0.25) is 0 Å². The Kier molecular flexibility index (Phi) is 4.88. The fourth-order valence-corrected chi connectivity index (χ4v) is 2.61. The summed E-state index contributed by atoms with van der Waals surface area (Å²) in [6, 6.07) is 15.8. The van der Waals surface area contributed by atoms with Crippen LogP contribution >= 0.6 is 0 Å². The van der Waals surface area contributed by atoms with Crippen molar-refractivity contribution in [3.8, 4) is 6.07 Å². The molecule has 0 radical (unpaired) electrons. The van der Waals surface area contributed by atoms with Crippen molar-refractivity contribution < 1.29 is 9.18 Å². The van der Waals surface area contributed by atoms with Crippen LogP contribution in [-0.4, -0.2) is 23.4 Å². The van der Waals surface area contributed by atoms with Crippen LogP contribution in [0.1, 0.15) is 24.0 Å². The SMILES string of the molecule is N#Cc1ccc(NC(=O)CN(Cc2ccccc2F)C2CC2)cc1. The monoisotopic (exact) mass is 323 g/mol. The van der Waals surface area contributed by atoms with Gasteiger partial charge in [-0.25, -0.2) is 4.39 Å². The van der Waals surface area contributed by atoms with Gasteiger partial charge in [0.1, 0.15) is 5.82 Å². The minimum atomic E-state index is -0.240. The third kappa shape index (κ3) is 4.18. The summed E-state index contributed by atoms with van der Waals surface area (Å²) in [4.78, 5) is 14.3. The Labute approximate surface area is 140 Å². The Balaban J connectivity index is 1.62. The van der Waals surface area contributed by atoms with Crippen LogP contribution in [-0.2, 0) is 11.3 Å². The molecule has 1 aliphatic carbocycles. The summed E-state index contributed by atoms with van der Waals surface area (Å²) in [7, 11) is 0. The number of nitrogens with one attached hydrogen (secondary N) is 1. The number of hydrogen-bond acceptors (Lipinski definition) is 3. The summed E-state index contributed by atoms with van der Waals surface area (Å²) in [5.74, 6) is -0.376. The van der Waals surface area contributed by atoms with Gasteiger partial charge in [-0.15, -0.1) is 0 Å². The van der Waals surface area contributed by atoms with E-state index in [0.29, 0.717) is 29.4 Å². The van der Waals surface area contributed by atoms with Crippen LogP contribution < -0.4 is 5.32 Å². The second-order valence-corrected chi connectivity index (χ2v) is 5.96.